The summed E-state index contributed by atoms with van der Waals surface area (Å²) in [6.07, 6.45) is 0. The fourth-order valence-corrected chi connectivity index (χ4v) is 7.24. The molecule has 0 aliphatic heterocycles. The van der Waals surface area contributed by atoms with Gasteiger partial charge in [-0.25, -0.2) is 9.97 Å². The summed E-state index contributed by atoms with van der Waals surface area (Å²) >= 11 is 0. The smallest absolute Gasteiger partial charge is 0.160 e. The molecule has 0 unspecified atom stereocenters. The lowest BCUT2D eigenvalue weighted by molar-refractivity contribution is 1.16. The largest absolute Gasteiger partial charge is 0.310 e. The van der Waals surface area contributed by atoms with E-state index in [2.05, 4.69) is 58.0 Å². The van der Waals surface area contributed by atoms with Crippen molar-refractivity contribution in [2.24, 2.45) is 0 Å². The molecule has 260 valence electrons. The van der Waals surface area contributed by atoms with E-state index in [-0.39, 0.29) is 0 Å². The van der Waals surface area contributed by atoms with Crippen LogP contribution in [0.5, 0.6) is 0 Å². The predicted octanol–water partition coefficient (Wildman–Crippen LogP) is 11.7. The molecule has 0 spiro atoms. The highest BCUT2D eigenvalue weighted by Crippen LogP contribution is 2.40. The van der Waals surface area contributed by atoms with Crippen molar-refractivity contribution in [3.63, 3.8) is 0 Å². The minimum atomic E-state index is 0.495. The Labute approximate surface area is 323 Å². The van der Waals surface area contributed by atoms with Crippen LogP contribution >= 0.6 is 0 Å². The first-order chi connectivity index (χ1) is 27.6. The van der Waals surface area contributed by atoms with E-state index in [1.807, 2.05) is 121 Å². The van der Waals surface area contributed by atoms with E-state index in [0.29, 0.717) is 28.2 Å². The molecule has 2 aromatic heterocycles. The Kier molecular flexibility index (Phi) is 8.53. The van der Waals surface area contributed by atoms with Crippen LogP contribution in [0, 0.1) is 34.0 Å². The zero-order valence-electron chi connectivity index (χ0n) is 29.9. The summed E-state index contributed by atoms with van der Waals surface area (Å²) in [5.74, 6) is 0.587. The number of hydrogen-bond donors (Lipinski definition) is 0. The molecule has 56 heavy (non-hydrogen) atoms. The van der Waals surface area contributed by atoms with Crippen LogP contribution in [0.2, 0.25) is 0 Å². The number of anilines is 3. The first kappa shape index (κ1) is 33.5. The molecular weight excluding hydrogens is 687 g/mol. The molecule has 0 radical (unpaired) electrons. The van der Waals surface area contributed by atoms with Crippen molar-refractivity contribution in [3.8, 4) is 57.8 Å². The number of hydrogen-bond acceptors (Lipinski definition) is 6. The molecule has 0 fully saturated rings. The van der Waals surface area contributed by atoms with Crippen molar-refractivity contribution < 1.29 is 0 Å². The Morgan fingerprint density at radius 2 is 1.02 bits per heavy atom. The zero-order chi connectivity index (χ0) is 38.0. The SMILES string of the molecule is N#Cc1ccc(N(c2ccc(C#N)cc2)c2ccc3c(c2)c2ccccc2n3-c2ccc(-c3cc(-c4ccccc4)nc(-c4ccccc4)n3)c(C#N)c2)cc1. The van der Waals surface area contributed by atoms with E-state index in [1.165, 1.54) is 0 Å². The Balaban J connectivity index is 1.19. The fourth-order valence-electron chi connectivity index (χ4n) is 7.24. The Morgan fingerprint density at radius 3 is 1.66 bits per heavy atom. The molecule has 0 aliphatic carbocycles. The lowest BCUT2D eigenvalue weighted by Gasteiger charge is -2.25. The van der Waals surface area contributed by atoms with Crippen molar-refractivity contribution in [1.82, 2.24) is 14.5 Å². The monoisotopic (exact) mass is 715 g/mol. The molecule has 7 heteroatoms. The van der Waals surface area contributed by atoms with E-state index < -0.39 is 0 Å². The van der Waals surface area contributed by atoms with Crippen LogP contribution in [-0.4, -0.2) is 14.5 Å². The van der Waals surface area contributed by atoms with Gasteiger partial charge in [0.05, 0.1) is 57.3 Å². The van der Waals surface area contributed by atoms with Crippen molar-refractivity contribution >= 4 is 38.9 Å². The van der Waals surface area contributed by atoms with Crippen LogP contribution in [0.25, 0.3) is 61.4 Å². The molecule has 2 heterocycles. The van der Waals surface area contributed by atoms with Gasteiger partial charge < -0.3 is 9.47 Å². The summed E-state index contributed by atoms with van der Waals surface area (Å²) in [6, 6.07) is 64.2. The third-order valence-electron chi connectivity index (χ3n) is 9.91. The minimum Gasteiger partial charge on any atom is -0.310 e. The molecule has 0 saturated carbocycles. The second kappa shape index (κ2) is 14.3. The van der Waals surface area contributed by atoms with Crippen molar-refractivity contribution in [2.45, 2.75) is 0 Å². The average Bonchev–Trinajstić information content (AvgIpc) is 3.61. The molecular formula is C49H29N7. The van der Waals surface area contributed by atoms with Crippen LogP contribution in [0.4, 0.5) is 17.1 Å². The second-order valence-corrected chi connectivity index (χ2v) is 13.2. The van der Waals surface area contributed by atoms with Gasteiger partial charge in [-0.1, -0.05) is 78.9 Å². The van der Waals surface area contributed by atoms with Gasteiger partial charge in [0.15, 0.2) is 5.82 Å². The maximum Gasteiger partial charge on any atom is 0.160 e. The van der Waals surface area contributed by atoms with E-state index >= 15 is 0 Å². The number of nitriles is 3. The van der Waals surface area contributed by atoms with Crippen LogP contribution in [0.3, 0.4) is 0 Å². The maximum atomic E-state index is 10.6. The fraction of sp³-hybridized carbons (Fsp3) is 0. The van der Waals surface area contributed by atoms with Gasteiger partial charge in [0.2, 0.25) is 0 Å². The predicted molar refractivity (Wildman–Crippen MR) is 222 cm³/mol. The van der Waals surface area contributed by atoms with E-state index in [4.69, 9.17) is 9.97 Å². The first-order valence-electron chi connectivity index (χ1n) is 18.0. The molecule has 9 rings (SSSR count). The van der Waals surface area contributed by atoms with Crippen LogP contribution < -0.4 is 4.90 Å². The van der Waals surface area contributed by atoms with Gasteiger partial charge in [-0.3, -0.25) is 0 Å². The van der Waals surface area contributed by atoms with Crippen molar-refractivity contribution in [2.75, 3.05) is 4.90 Å². The summed E-state index contributed by atoms with van der Waals surface area (Å²) in [4.78, 5) is 12.0. The lowest BCUT2D eigenvalue weighted by Crippen LogP contribution is -2.10. The summed E-state index contributed by atoms with van der Waals surface area (Å²) in [5, 5.41) is 31.7. The Bertz CT molecular complexity index is 2920. The summed E-state index contributed by atoms with van der Waals surface area (Å²) in [5.41, 5.74) is 11.1. The minimum absolute atomic E-state index is 0.495. The van der Waals surface area contributed by atoms with Gasteiger partial charge in [-0.2, -0.15) is 15.8 Å². The highest BCUT2D eigenvalue weighted by molar-refractivity contribution is 6.10. The van der Waals surface area contributed by atoms with Gasteiger partial charge in [0.25, 0.3) is 0 Å². The molecule has 0 aliphatic rings. The number of aromatic nitrogens is 3. The second-order valence-electron chi connectivity index (χ2n) is 13.2. The first-order valence-corrected chi connectivity index (χ1v) is 18.0. The van der Waals surface area contributed by atoms with Gasteiger partial charge in [0.1, 0.15) is 0 Å². The topological polar surface area (TPSA) is 105 Å². The van der Waals surface area contributed by atoms with Crippen molar-refractivity contribution in [1.29, 1.82) is 15.8 Å². The Morgan fingerprint density at radius 1 is 0.446 bits per heavy atom. The number of para-hydroxylation sites is 1. The van der Waals surface area contributed by atoms with Crippen LogP contribution in [0.15, 0.2) is 176 Å². The molecule has 0 N–H and O–H groups in total. The molecule has 7 nitrogen and oxygen atoms in total. The molecule has 9 aromatic rings. The van der Waals surface area contributed by atoms with E-state index in [9.17, 15) is 15.8 Å². The average molecular weight is 716 g/mol. The van der Waals surface area contributed by atoms with E-state index in [0.717, 1.165) is 66.9 Å². The highest BCUT2D eigenvalue weighted by Gasteiger charge is 2.19. The lowest BCUT2D eigenvalue weighted by atomic mass is 10.0. The maximum absolute atomic E-state index is 10.6. The Hall–Kier alpha value is -8.31. The molecule has 0 amide bonds. The summed E-state index contributed by atoms with van der Waals surface area (Å²) in [7, 11) is 0. The third-order valence-corrected chi connectivity index (χ3v) is 9.91. The van der Waals surface area contributed by atoms with Gasteiger partial charge in [0, 0.05) is 50.2 Å². The van der Waals surface area contributed by atoms with Crippen LogP contribution in [-0.2, 0) is 0 Å². The van der Waals surface area contributed by atoms with Gasteiger partial charge in [-0.05, 0) is 97.1 Å². The third kappa shape index (κ3) is 6.06. The number of nitrogens with zero attached hydrogens (tertiary/aromatic N) is 7. The molecule has 7 aromatic carbocycles. The number of benzene rings is 7. The molecule has 0 bridgehead atoms. The molecule has 0 saturated heterocycles. The van der Waals surface area contributed by atoms with Crippen molar-refractivity contribution in [3.05, 3.63) is 193 Å². The van der Waals surface area contributed by atoms with E-state index in [1.54, 1.807) is 24.3 Å². The number of rotatable bonds is 7. The summed E-state index contributed by atoms with van der Waals surface area (Å²) in [6.45, 7) is 0. The molecule has 0 atom stereocenters. The quantitative estimate of drug-likeness (QED) is 0.163. The van der Waals surface area contributed by atoms with Gasteiger partial charge >= 0.3 is 0 Å². The zero-order valence-corrected chi connectivity index (χ0v) is 29.9. The standard InChI is InChI=1S/C49H29N7/c50-30-33-15-19-38(20-16-33)55(39-21-17-34(31-51)18-22-39)41-24-26-48-44(28-41)43-13-7-8-14-47(43)56(48)40-23-25-42(37(27-40)32-52)46-29-45(35-9-3-1-4-10-35)53-49(54-46)36-11-5-2-6-12-36/h1-29H. The summed E-state index contributed by atoms with van der Waals surface area (Å²) < 4.78 is 2.19. The number of fused-ring (bicyclic) bond motifs is 3. The van der Waals surface area contributed by atoms with Gasteiger partial charge in [-0.15, -0.1) is 0 Å². The normalized spacial score (nSPS) is 10.8. The highest BCUT2D eigenvalue weighted by atomic mass is 15.1. The van der Waals surface area contributed by atoms with Crippen LogP contribution in [0.1, 0.15) is 16.7 Å².